The molecule has 2 aromatic carbocycles. The van der Waals surface area contributed by atoms with E-state index < -0.39 is 5.63 Å². The highest BCUT2D eigenvalue weighted by molar-refractivity contribution is 5.79. The molecule has 3 aromatic rings. The number of nitrogens with zero attached hydrogens (tertiary/aromatic N) is 1. The van der Waals surface area contributed by atoms with Crippen molar-refractivity contribution in [3.63, 3.8) is 0 Å². The molecule has 0 aliphatic heterocycles. The van der Waals surface area contributed by atoms with E-state index >= 15 is 0 Å². The zero-order valence-electron chi connectivity index (χ0n) is 14.9. The van der Waals surface area contributed by atoms with Gasteiger partial charge in [0.1, 0.15) is 5.58 Å². The Labute approximate surface area is 157 Å². The molecule has 3 rings (SSSR count). The van der Waals surface area contributed by atoms with Crippen LogP contribution in [0.25, 0.3) is 11.0 Å². The second-order valence-corrected chi connectivity index (χ2v) is 6.14. The van der Waals surface area contributed by atoms with Gasteiger partial charge in [-0.1, -0.05) is 54.5 Å². The summed E-state index contributed by atoms with van der Waals surface area (Å²) in [4.78, 5) is 26.6. The van der Waals surface area contributed by atoms with Crippen molar-refractivity contribution in [3.05, 3.63) is 82.2 Å². The molecule has 0 atom stereocenters. The zero-order chi connectivity index (χ0) is 19.1. The first-order valence-corrected chi connectivity index (χ1v) is 8.65. The summed E-state index contributed by atoms with van der Waals surface area (Å²) in [6.45, 7) is 0.973. The van der Waals surface area contributed by atoms with Gasteiger partial charge in [-0.3, -0.25) is 10.1 Å². The molecule has 0 saturated heterocycles. The first-order valence-electron chi connectivity index (χ1n) is 8.65. The number of fused-ring (bicyclic) bond motifs is 1. The van der Waals surface area contributed by atoms with Crippen molar-refractivity contribution in [2.24, 2.45) is 0 Å². The molecule has 27 heavy (non-hydrogen) atoms. The largest absolute Gasteiger partial charge is 0.422 e. The third kappa shape index (κ3) is 4.84. The van der Waals surface area contributed by atoms with Crippen LogP contribution in [0.5, 0.6) is 0 Å². The number of hydrogen-bond acceptors (Lipinski definition) is 4. The monoisotopic (exact) mass is 360 g/mol. The lowest BCUT2D eigenvalue weighted by Gasteiger charge is -2.23. The SMILES string of the molecule is C#CCNCC(=O)N(Cc1ccccc1)Cc1cc2ccccc2oc1=O. The fourth-order valence-electron chi connectivity index (χ4n) is 2.81. The zero-order valence-corrected chi connectivity index (χ0v) is 14.9. The van der Waals surface area contributed by atoms with Crippen LogP contribution in [0, 0.1) is 12.3 Å². The van der Waals surface area contributed by atoms with E-state index in [9.17, 15) is 9.59 Å². The number of benzene rings is 2. The molecule has 0 bridgehead atoms. The van der Waals surface area contributed by atoms with Gasteiger partial charge in [-0.25, -0.2) is 4.79 Å². The Balaban J connectivity index is 1.86. The van der Waals surface area contributed by atoms with E-state index in [1.165, 1.54) is 0 Å². The van der Waals surface area contributed by atoms with Crippen LogP contribution < -0.4 is 10.9 Å². The van der Waals surface area contributed by atoms with Crippen LogP contribution >= 0.6 is 0 Å². The Kier molecular flexibility index (Phi) is 6.03. The van der Waals surface area contributed by atoms with Crippen LogP contribution in [-0.2, 0) is 17.9 Å². The third-order valence-corrected chi connectivity index (χ3v) is 4.15. The van der Waals surface area contributed by atoms with Gasteiger partial charge in [0.25, 0.3) is 0 Å². The van der Waals surface area contributed by atoms with Gasteiger partial charge in [0, 0.05) is 11.9 Å². The summed E-state index contributed by atoms with van der Waals surface area (Å²) in [5, 5.41) is 3.73. The van der Waals surface area contributed by atoms with Gasteiger partial charge >= 0.3 is 5.63 Å². The normalized spacial score (nSPS) is 10.5. The number of carbonyl (C=O) groups excluding carboxylic acids is 1. The lowest BCUT2D eigenvalue weighted by molar-refractivity contribution is -0.131. The highest BCUT2D eigenvalue weighted by atomic mass is 16.4. The first kappa shape index (κ1) is 18.4. The van der Waals surface area contributed by atoms with E-state index in [1.807, 2.05) is 48.5 Å². The summed E-state index contributed by atoms with van der Waals surface area (Å²) >= 11 is 0. The topological polar surface area (TPSA) is 62.6 Å². The number of rotatable bonds is 7. The van der Waals surface area contributed by atoms with Gasteiger partial charge in [0.05, 0.1) is 25.2 Å². The number of amides is 1. The number of carbonyl (C=O) groups is 1. The van der Waals surface area contributed by atoms with Gasteiger partial charge in [-0.15, -0.1) is 6.42 Å². The fraction of sp³-hybridized carbons (Fsp3) is 0.182. The molecule has 136 valence electrons. The molecule has 0 radical (unpaired) electrons. The lowest BCUT2D eigenvalue weighted by atomic mass is 10.1. The van der Waals surface area contributed by atoms with Crippen LogP contribution in [0.3, 0.4) is 0 Å². The van der Waals surface area contributed by atoms with E-state index in [-0.39, 0.29) is 19.0 Å². The molecule has 0 spiro atoms. The van der Waals surface area contributed by atoms with Crippen molar-refractivity contribution < 1.29 is 9.21 Å². The van der Waals surface area contributed by atoms with Gasteiger partial charge in [0.2, 0.25) is 5.91 Å². The van der Waals surface area contributed by atoms with Crippen molar-refractivity contribution in [3.8, 4) is 12.3 Å². The average Bonchev–Trinajstić information content (AvgIpc) is 2.69. The summed E-state index contributed by atoms with van der Waals surface area (Å²) in [6, 6.07) is 18.7. The van der Waals surface area contributed by atoms with Crippen molar-refractivity contribution >= 4 is 16.9 Å². The quantitative estimate of drug-likeness (QED) is 0.400. The number of terminal acetylenes is 1. The van der Waals surface area contributed by atoms with E-state index in [0.717, 1.165) is 10.9 Å². The number of nitrogens with one attached hydrogen (secondary N) is 1. The van der Waals surface area contributed by atoms with Crippen LogP contribution in [-0.4, -0.2) is 23.9 Å². The molecule has 0 saturated carbocycles. The Morgan fingerprint density at radius 1 is 1.07 bits per heavy atom. The van der Waals surface area contributed by atoms with Crippen molar-refractivity contribution in [1.29, 1.82) is 0 Å². The Hall–Kier alpha value is -3.36. The van der Waals surface area contributed by atoms with Crippen LogP contribution in [0.4, 0.5) is 0 Å². The molecule has 0 aliphatic carbocycles. The molecule has 1 N–H and O–H groups in total. The molecule has 0 unspecified atom stereocenters. The fourth-order valence-corrected chi connectivity index (χ4v) is 2.81. The van der Waals surface area contributed by atoms with E-state index in [4.69, 9.17) is 10.8 Å². The minimum Gasteiger partial charge on any atom is -0.422 e. The van der Waals surface area contributed by atoms with Crippen LogP contribution in [0.1, 0.15) is 11.1 Å². The summed E-state index contributed by atoms with van der Waals surface area (Å²) < 4.78 is 5.39. The summed E-state index contributed by atoms with van der Waals surface area (Å²) in [7, 11) is 0. The molecule has 1 amide bonds. The smallest absolute Gasteiger partial charge is 0.341 e. The van der Waals surface area contributed by atoms with E-state index in [2.05, 4.69) is 11.2 Å². The maximum atomic E-state index is 12.7. The number of hydrogen-bond donors (Lipinski definition) is 1. The molecular formula is C22H20N2O3. The lowest BCUT2D eigenvalue weighted by Crippen LogP contribution is -2.38. The maximum absolute atomic E-state index is 12.7. The molecule has 5 nitrogen and oxygen atoms in total. The Bertz CT molecular complexity index is 1020. The molecule has 0 aliphatic rings. The standard InChI is InChI=1S/C22H20N2O3/c1-2-12-23-14-21(25)24(15-17-8-4-3-5-9-17)16-19-13-18-10-6-7-11-20(18)27-22(19)26/h1,3-11,13,23H,12,14-16H2. The van der Waals surface area contributed by atoms with Crippen molar-refractivity contribution in [2.75, 3.05) is 13.1 Å². The highest BCUT2D eigenvalue weighted by Gasteiger charge is 2.17. The Morgan fingerprint density at radius 3 is 2.59 bits per heavy atom. The van der Waals surface area contributed by atoms with Crippen LogP contribution in [0.15, 0.2) is 69.9 Å². The first-order chi connectivity index (χ1) is 13.2. The number of para-hydroxylation sites is 1. The summed E-state index contributed by atoms with van der Waals surface area (Å²) in [6.07, 6.45) is 5.22. The predicted octanol–water partition coefficient (Wildman–Crippen LogP) is 2.54. The van der Waals surface area contributed by atoms with Crippen LogP contribution in [0.2, 0.25) is 0 Å². The highest BCUT2D eigenvalue weighted by Crippen LogP contribution is 2.15. The summed E-state index contributed by atoms with van der Waals surface area (Å²) in [5.74, 6) is 2.31. The second-order valence-electron chi connectivity index (χ2n) is 6.14. The molecule has 0 fully saturated rings. The van der Waals surface area contributed by atoms with E-state index in [1.54, 1.807) is 17.0 Å². The molecule has 5 heteroatoms. The predicted molar refractivity (Wildman–Crippen MR) is 105 cm³/mol. The van der Waals surface area contributed by atoms with Crippen molar-refractivity contribution in [2.45, 2.75) is 13.1 Å². The van der Waals surface area contributed by atoms with Gasteiger partial charge in [0.15, 0.2) is 0 Å². The Morgan fingerprint density at radius 2 is 1.81 bits per heavy atom. The molecular weight excluding hydrogens is 340 g/mol. The molecule has 1 aromatic heterocycles. The average molecular weight is 360 g/mol. The minimum atomic E-state index is -0.434. The summed E-state index contributed by atoms with van der Waals surface area (Å²) in [5.41, 5.74) is 1.52. The maximum Gasteiger partial charge on any atom is 0.341 e. The van der Waals surface area contributed by atoms with Crippen molar-refractivity contribution in [1.82, 2.24) is 10.2 Å². The van der Waals surface area contributed by atoms with E-state index in [0.29, 0.717) is 24.2 Å². The minimum absolute atomic E-state index is 0.107. The molecule has 1 heterocycles. The van der Waals surface area contributed by atoms with Gasteiger partial charge in [-0.05, 0) is 17.7 Å². The van der Waals surface area contributed by atoms with Gasteiger partial charge in [-0.2, -0.15) is 0 Å². The second kappa shape index (κ2) is 8.84. The van der Waals surface area contributed by atoms with Gasteiger partial charge < -0.3 is 9.32 Å². The third-order valence-electron chi connectivity index (χ3n) is 4.15.